The zero-order valence-electron chi connectivity index (χ0n) is 18.4. The SMILES string of the molecule is Cc1cc(Cl)ccc1OC1CCN(CC2CCN(c3c(Cl)cccc3C(=O)O)CC2)CC1. The standard InChI is InChI=1S/C25H30Cl2N2O3/c1-17-15-19(26)5-6-23(17)32-20-9-11-28(12-10-20)16-18-7-13-29(14-8-18)24-21(25(30)31)3-2-4-22(24)27/h2-6,15,18,20H,7-14,16H2,1H3,(H,30,31). The van der Waals surface area contributed by atoms with Gasteiger partial charge in [0.2, 0.25) is 0 Å². The second-order valence-corrected chi connectivity index (χ2v) is 9.74. The molecule has 2 aliphatic heterocycles. The number of hydrogen-bond acceptors (Lipinski definition) is 4. The first-order chi connectivity index (χ1) is 15.4. The van der Waals surface area contributed by atoms with Crippen LogP contribution in [0.1, 0.15) is 41.6 Å². The number of ether oxygens (including phenoxy) is 1. The number of aryl methyl sites for hydroxylation is 1. The van der Waals surface area contributed by atoms with Crippen molar-refractivity contribution in [3.63, 3.8) is 0 Å². The minimum Gasteiger partial charge on any atom is -0.490 e. The van der Waals surface area contributed by atoms with E-state index in [0.29, 0.717) is 16.6 Å². The topological polar surface area (TPSA) is 53.0 Å². The summed E-state index contributed by atoms with van der Waals surface area (Å²) >= 11 is 12.4. The van der Waals surface area contributed by atoms with E-state index in [0.717, 1.165) is 74.7 Å². The molecule has 0 bridgehead atoms. The fourth-order valence-corrected chi connectivity index (χ4v) is 5.37. The van der Waals surface area contributed by atoms with Crippen LogP contribution < -0.4 is 9.64 Å². The number of likely N-dealkylation sites (tertiary alicyclic amines) is 1. The van der Waals surface area contributed by atoms with Gasteiger partial charge in [-0.05, 0) is 74.4 Å². The third-order valence-corrected chi connectivity index (χ3v) is 7.17. The Hall–Kier alpha value is -1.95. The molecule has 0 aliphatic carbocycles. The van der Waals surface area contributed by atoms with E-state index in [2.05, 4.69) is 9.80 Å². The first-order valence-corrected chi connectivity index (χ1v) is 12.1. The van der Waals surface area contributed by atoms with Crippen molar-refractivity contribution in [3.8, 4) is 5.75 Å². The van der Waals surface area contributed by atoms with Gasteiger partial charge in [-0.2, -0.15) is 0 Å². The number of carboxylic acid groups (broad SMARTS) is 1. The van der Waals surface area contributed by atoms with Crippen LogP contribution in [0.25, 0.3) is 0 Å². The molecule has 0 aromatic heterocycles. The number of piperidine rings is 2. The summed E-state index contributed by atoms with van der Waals surface area (Å²) < 4.78 is 6.23. The molecular formula is C25H30Cl2N2O3. The maximum Gasteiger partial charge on any atom is 0.337 e. The Morgan fingerprint density at radius 3 is 2.44 bits per heavy atom. The normalized spacial score (nSPS) is 18.7. The maximum atomic E-state index is 11.6. The number of para-hydroxylation sites is 1. The average molecular weight is 477 g/mol. The highest BCUT2D eigenvalue weighted by Crippen LogP contribution is 2.33. The molecule has 1 N–H and O–H groups in total. The van der Waals surface area contributed by atoms with E-state index in [4.69, 9.17) is 27.9 Å². The zero-order valence-corrected chi connectivity index (χ0v) is 19.9. The second kappa shape index (κ2) is 10.3. The van der Waals surface area contributed by atoms with Gasteiger partial charge >= 0.3 is 5.97 Å². The molecular weight excluding hydrogens is 447 g/mol. The van der Waals surface area contributed by atoms with E-state index < -0.39 is 5.97 Å². The van der Waals surface area contributed by atoms with Gasteiger partial charge in [0.25, 0.3) is 0 Å². The molecule has 0 spiro atoms. The third-order valence-electron chi connectivity index (χ3n) is 6.63. The van der Waals surface area contributed by atoms with Crippen molar-refractivity contribution < 1.29 is 14.6 Å². The highest BCUT2D eigenvalue weighted by molar-refractivity contribution is 6.34. The Labute approximate surface area is 199 Å². The summed E-state index contributed by atoms with van der Waals surface area (Å²) in [7, 11) is 0. The molecule has 5 nitrogen and oxygen atoms in total. The molecule has 2 aromatic carbocycles. The van der Waals surface area contributed by atoms with E-state index in [9.17, 15) is 9.90 Å². The molecule has 0 saturated carbocycles. The minimum atomic E-state index is -0.927. The Balaban J connectivity index is 1.25. The summed E-state index contributed by atoms with van der Waals surface area (Å²) in [6, 6.07) is 10.9. The van der Waals surface area contributed by atoms with E-state index in [1.165, 1.54) is 0 Å². The van der Waals surface area contributed by atoms with E-state index in [1.807, 2.05) is 25.1 Å². The van der Waals surface area contributed by atoms with Crippen LogP contribution >= 0.6 is 23.2 Å². The van der Waals surface area contributed by atoms with Crippen molar-refractivity contribution in [3.05, 3.63) is 57.6 Å². The summed E-state index contributed by atoms with van der Waals surface area (Å²) in [5.41, 5.74) is 2.03. The van der Waals surface area contributed by atoms with Crippen LogP contribution in [-0.4, -0.2) is 54.8 Å². The zero-order chi connectivity index (χ0) is 22.7. The van der Waals surface area contributed by atoms with Crippen molar-refractivity contribution in [2.75, 3.05) is 37.6 Å². The van der Waals surface area contributed by atoms with E-state index in [1.54, 1.807) is 18.2 Å². The highest BCUT2D eigenvalue weighted by atomic mass is 35.5. The van der Waals surface area contributed by atoms with Gasteiger partial charge in [-0.25, -0.2) is 4.79 Å². The van der Waals surface area contributed by atoms with Crippen molar-refractivity contribution in [1.82, 2.24) is 4.90 Å². The predicted octanol–water partition coefficient (Wildman–Crippen LogP) is 5.76. The van der Waals surface area contributed by atoms with Gasteiger partial charge in [0, 0.05) is 37.7 Å². The fourth-order valence-electron chi connectivity index (χ4n) is 4.85. The molecule has 2 saturated heterocycles. The van der Waals surface area contributed by atoms with Gasteiger partial charge in [-0.1, -0.05) is 29.3 Å². The quantitative estimate of drug-likeness (QED) is 0.574. The van der Waals surface area contributed by atoms with Gasteiger partial charge < -0.3 is 19.6 Å². The predicted molar refractivity (Wildman–Crippen MR) is 130 cm³/mol. The number of carboxylic acids is 1. The molecule has 7 heteroatoms. The summed E-state index contributed by atoms with van der Waals surface area (Å²) in [5, 5.41) is 10.8. The molecule has 2 aliphatic rings. The molecule has 0 amide bonds. The molecule has 2 aromatic rings. The Morgan fingerprint density at radius 1 is 1.06 bits per heavy atom. The number of halogens is 2. The van der Waals surface area contributed by atoms with Crippen LogP contribution in [0.4, 0.5) is 5.69 Å². The van der Waals surface area contributed by atoms with Gasteiger partial charge in [0.1, 0.15) is 11.9 Å². The van der Waals surface area contributed by atoms with Crippen LogP contribution in [0.3, 0.4) is 0 Å². The number of nitrogens with zero attached hydrogens (tertiary/aromatic N) is 2. The van der Waals surface area contributed by atoms with Crippen LogP contribution in [0.2, 0.25) is 10.0 Å². The lowest BCUT2D eigenvalue weighted by Gasteiger charge is -2.39. The first kappa shape index (κ1) is 23.2. The Morgan fingerprint density at radius 2 is 1.78 bits per heavy atom. The number of carbonyl (C=O) groups is 1. The van der Waals surface area contributed by atoms with Crippen molar-refractivity contribution in [2.45, 2.75) is 38.7 Å². The molecule has 2 fully saturated rings. The smallest absolute Gasteiger partial charge is 0.337 e. The molecule has 32 heavy (non-hydrogen) atoms. The maximum absolute atomic E-state index is 11.6. The van der Waals surface area contributed by atoms with Gasteiger partial charge in [0.05, 0.1) is 16.3 Å². The van der Waals surface area contributed by atoms with Crippen LogP contribution in [0.15, 0.2) is 36.4 Å². The molecule has 0 unspecified atom stereocenters. The Kier molecular flexibility index (Phi) is 7.49. The lowest BCUT2D eigenvalue weighted by atomic mass is 9.94. The molecule has 172 valence electrons. The van der Waals surface area contributed by atoms with Crippen LogP contribution in [0, 0.1) is 12.8 Å². The lowest BCUT2D eigenvalue weighted by molar-refractivity contribution is 0.0697. The third kappa shape index (κ3) is 5.51. The van der Waals surface area contributed by atoms with Crippen LogP contribution in [-0.2, 0) is 0 Å². The summed E-state index contributed by atoms with van der Waals surface area (Å²) in [6.07, 6.45) is 4.41. The number of benzene rings is 2. The number of aromatic carboxylic acids is 1. The number of hydrogen-bond donors (Lipinski definition) is 1. The molecule has 2 heterocycles. The Bertz CT molecular complexity index is 952. The fraction of sp³-hybridized carbons (Fsp3) is 0.480. The van der Waals surface area contributed by atoms with Crippen molar-refractivity contribution in [2.24, 2.45) is 5.92 Å². The molecule has 0 radical (unpaired) electrons. The average Bonchev–Trinajstić information content (AvgIpc) is 2.77. The monoisotopic (exact) mass is 476 g/mol. The summed E-state index contributed by atoms with van der Waals surface area (Å²) in [4.78, 5) is 16.3. The largest absolute Gasteiger partial charge is 0.490 e. The summed E-state index contributed by atoms with van der Waals surface area (Å²) in [6.45, 7) is 6.89. The van der Waals surface area contributed by atoms with E-state index >= 15 is 0 Å². The first-order valence-electron chi connectivity index (χ1n) is 11.3. The van der Waals surface area contributed by atoms with Gasteiger partial charge in [-0.15, -0.1) is 0 Å². The van der Waals surface area contributed by atoms with Crippen LogP contribution in [0.5, 0.6) is 5.75 Å². The van der Waals surface area contributed by atoms with Crippen molar-refractivity contribution >= 4 is 34.9 Å². The lowest BCUT2D eigenvalue weighted by Crippen LogP contribution is -2.43. The van der Waals surface area contributed by atoms with E-state index in [-0.39, 0.29) is 11.7 Å². The molecule has 0 atom stereocenters. The molecule has 4 rings (SSSR count). The van der Waals surface area contributed by atoms with Gasteiger partial charge in [-0.3, -0.25) is 0 Å². The second-order valence-electron chi connectivity index (χ2n) is 8.90. The van der Waals surface area contributed by atoms with Gasteiger partial charge in [0.15, 0.2) is 0 Å². The summed E-state index contributed by atoms with van der Waals surface area (Å²) in [5.74, 6) is 0.627. The number of anilines is 1. The minimum absolute atomic E-state index is 0.252. The van der Waals surface area contributed by atoms with Crippen molar-refractivity contribution in [1.29, 1.82) is 0 Å². The highest BCUT2D eigenvalue weighted by Gasteiger charge is 2.28. The number of rotatable bonds is 6.